The number of rotatable bonds is 6. The quantitative estimate of drug-likeness (QED) is 0.445. The summed E-state index contributed by atoms with van der Waals surface area (Å²) >= 11 is 0. The number of aromatic hydroxyl groups is 2. The SMILES string of the molecule is CC(C)c1cccc(C=Nc2ccccc2N=Cc2cccc(C(C)C)c2O)c1O. The predicted octanol–water partition coefficient (Wildman–Crippen LogP) is 6.85. The Hall–Kier alpha value is -3.40. The zero-order valence-corrected chi connectivity index (χ0v) is 17.9. The van der Waals surface area contributed by atoms with Crippen LogP contribution in [0.25, 0.3) is 0 Å². The summed E-state index contributed by atoms with van der Waals surface area (Å²) in [4.78, 5) is 9.11. The molecule has 154 valence electrons. The van der Waals surface area contributed by atoms with E-state index >= 15 is 0 Å². The largest absolute Gasteiger partial charge is 0.507 e. The molecule has 0 aromatic heterocycles. The molecular weight excluding hydrogens is 372 g/mol. The lowest BCUT2D eigenvalue weighted by molar-refractivity contribution is 0.463. The summed E-state index contributed by atoms with van der Waals surface area (Å²) in [5.74, 6) is 0.967. The highest BCUT2D eigenvalue weighted by molar-refractivity contribution is 5.90. The molecule has 0 bridgehead atoms. The standard InChI is InChI=1S/C26H28N2O2/c1-17(2)21-11-7-9-19(25(21)29)15-27-23-13-5-6-14-24(23)28-16-20-10-8-12-22(18(3)4)26(20)30/h5-18,29-30H,1-4H3. The van der Waals surface area contributed by atoms with Gasteiger partial charge in [-0.3, -0.25) is 9.98 Å². The summed E-state index contributed by atoms with van der Waals surface area (Å²) in [6.45, 7) is 8.18. The number of phenols is 2. The number of aliphatic imine (C=N–C) groups is 2. The van der Waals surface area contributed by atoms with Gasteiger partial charge in [-0.25, -0.2) is 0 Å². The Labute approximate surface area is 178 Å². The van der Waals surface area contributed by atoms with Crippen LogP contribution in [-0.2, 0) is 0 Å². The minimum Gasteiger partial charge on any atom is -0.507 e. The van der Waals surface area contributed by atoms with E-state index in [4.69, 9.17) is 0 Å². The van der Waals surface area contributed by atoms with Gasteiger partial charge in [0.1, 0.15) is 11.5 Å². The van der Waals surface area contributed by atoms with E-state index in [1.165, 1.54) is 0 Å². The average molecular weight is 401 g/mol. The van der Waals surface area contributed by atoms with Crippen molar-refractivity contribution >= 4 is 23.8 Å². The van der Waals surface area contributed by atoms with Crippen molar-refractivity contribution in [2.45, 2.75) is 39.5 Å². The third kappa shape index (κ3) is 4.77. The highest BCUT2D eigenvalue weighted by atomic mass is 16.3. The van der Waals surface area contributed by atoms with Gasteiger partial charge in [0.2, 0.25) is 0 Å². The molecule has 3 rings (SSSR count). The summed E-state index contributed by atoms with van der Waals surface area (Å²) in [5, 5.41) is 21.0. The van der Waals surface area contributed by atoms with Crippen LogP contribution in [0.3, 0.4) is 0 Å². The molecule has 0 aliphatic rings. The van der Waals surface area contributed by atoms with Crippen LogP contribution in [0.1, 0.15) is 61.8 Å². The summed E-state index contributed by atoms with van der Waals surface area (Å²) in [6.07, 6.45) is 3.32. The van der Waals surface area contributed by atoms with Gasteiger partial charge in [-0.05, 0) is 47.2 Å². The van der Waals surface area contributed by atoms with Gasteiger partial charge in [0.05, 0.1) is 11.4 Å². The minimum absolute atomic E-state index is 0.226. The average Bonchev–Trinajstić information content (AvgIpc) is 2.72. The number of phenolic OH excluding ortho intramolecular Hbond substituents is 2. The Morgan fingerprint density at radius 2 is 1.00 bits per heavy atom. The minimum atomic E-state index is 0.226. The van der Waals surface area contributed by atoms with E-state index in [9.17, 15) is 10.2 Å². The number of hydrogen-bond donors (Lipinski definition) is 2. The third-order valence-corrected chi connectivity index (χ3v) is 5.01. The summed E-state index contributed by atoms with van der Waals surface area (Å²) in [5.41, 5.74) is 4.49. The lowest BCUT2D eigenvalue weighted by Gasteiger charge is -2.10. The van der Waals surface area contributed by atoms with Gasteiger partial charge in [-0.1, -0.05) is 64.1 Å². The van der Waals surface area contributed by atoms with E-state index in [0.717, 1.165) is 11.1 Å². The zero-order valence-electron chi connectivity index (χ0n) is 17.9. The fraction of sp³-hybridized carbons (Fsp3) is 0.231. The van der Waals surface area contributed by atoms with Gasteiger partial charge < -0.3 is 10.2 Å². The van der Waals surface area contributed by atoms with Crippen LogP contribution in [0.5, 0.6) is 11.5 Å². The Balaban J connectivity index is 1.91. The first-order valence-corrected chi connectivity index (χ1v) is 10.2. The van der Waals surface area contributed by atoms with Crippen LogP contribution in [0.2, 0.25) is 0 Å². The molecule has 4 nitrogen and oxygen atoms in total. The van der Waals surface area contributed by atoms with E-state index in [-0.39, 0.29) is 23.3 Å². The molecule has 0 unspecified atom stereocenters. The molecule has 3 aromatic carbocycles. The molecule has 0 aliphatic heterocycles. The lowest BCUT2D eigenvalue weighted by atomic mass is 9.99. The predicted molar refractivity (Wildman–Crippen MR) is 125 cm³/mol. The van der Waals surface area contributed by atoms with Crippen LogP contribution in [0.15, 0.2) is 70.6 Å². The second-order valence-electron chi connectivity index (χ2n) is 7.88. The van der Waals surface area contributed by atoms with Crippen molar-refractivity contribution in [2.75, 3.05) is 0 Å². The normalized spacial score (nSPS) is 11.9. The molecule has 30 heavy (non-hydrogen) atoms. The van der Waals surface area contributed by atoms with E-state index in [2.05, 4.69) is 9.98 Å². The molecule has 0 spiro atoms. The summed E-state index contributed by atoms with van der Waals surface area (Å²) < 4.78 is 0. The van der Waals surface area contributed by atoms with E-state index in [1.54, 1.807) is 12.4 Å². The maximum atomic E-state index is 10.5. The number of para-hydroxylation sites is 4. The Morgan fingerprint density at radius 3 is 1.37 bits per heavy atom. The van der Waals surface area contributed by atoms with Gasteiger partial charge >= 0.3 is 0 Å². The molecule has 2 N–H and O–H groups in total. The first-order valence-electron chi connectivity index (χ1n) is 10.2. The topological polar surface area (TPSA) is 65.2 Å². The van der Waals surface area contributed by atoms with E-state index < -0.39 is 0 Å². The fourth-order valence-corrected chi connectivity index (χ4v) is 3.26. The van der Waals surface area contributed by atoms with E-state index in [0.29, 0.717) is 22.5 Å². The van der Waals surface area contributed by atoms with Gasteiger partial charge in [0.25, 0.3) is 0 Å². The molecule has 3 aromatic rings. The van der Waals surface area contributed by atoms with Crippen molar-refractivity contribution in [3.05, 3.63) is 82.9 Å². The third-order valence-electron chi connectivity index (χ3n) is 5.01. The molecule has 0 heterocycles. The maximum absolute atomic E-state index is 10.5. The Kier molecular flexibility index (Phi) is 6.68. The van der Waals surface area contributed by atoms with Crippen LogP contribution < -0.4 is 0 Å². The fourth-order valence-electron chi connectivity index (χ4n) is 3.26. The lowest BCUT2D eigenvalue weighted by Crippen LogP contribution is -1.92. The monoisotopic (exact) mass is 400 g/mol. The van der Waals surface area contributed by atoms with E-state index in [1.807, 2.05) is 88.4 Å². The van der Waals surface area contributed by atoms with Crippen LogP contribution in [0, 0.1) is 0 Å². The molecule has 0 aliphatic carbocycles. The highest BCUT2D eigenvalue weighted by Gasteiger charge is 2.10. The van der Waals surface area contributed by atoms with Crippen LogP contribution in [0.4, 0.5) is 11.4 Å². The van der Waals surface area contributed by atoms with Gasteiger partial charge in [-0.15, -0.1) is 0 Å². The van der Waals surface area contributed by atoms with Gasteiger partial charge in [0.15, 0.2) is 0 Å². The second kappa shape index (κ2) is 9.40. The van der Waals surface area contributed by atoms with Crippen LogP contribution >= 0.6 is 0 Å². The highest BCUT2D eigenvalue weighted by Crippen LogP contribution is 2.32. The Morgan fingerprint density at radius 1 is 0.600 bits per heavy atom. The summed E-state index contributed by atoms with van der Waals surface area (Å²) in [7, 11) is 0. The Bertz CT molecular complexity index is 996. The van der Waals surface area contributed by atoms with Crippen molar-refractivity contribution < 1.29 is 10.2 Å². The van der Waals surface area contributed by atoms with Crippen molar-refractivity contribution in [1.82, 2.24) is 0 Å². The first kappa shape index (κ1) is 21.3. The number of hydrogen-bond acceptors (Lipinski definition) is 4. The molecule has 4 heteroatoms. The van der Waals surface area contributed by atoms with Crippen molar-refractivity contribution in [3.63, 3.8) is 0 Å². The second-order valence-corrected chi connectivity index (χ2v) is 7.88. The zero-order chi connectivity index (χ0) is 21.7. The molecule has 0 saturated carbocycles. The first-order chi connectivity index (χ1) is 14.4. The molecule has 0 atom stereocenters. The van der Waals surface area contributed by atoms with Gasteiger partial charge in [-0.2, -0.15) is 0 Å². The number of nitrogens with zero attached hydrogens (tertiary/aromatic N) is 2. The van der Waals surface area contributed by atoms with Crippen molar-refractivity contribution in [1.29, 1.82) is 0 Å². The molecule has 0 radical (unpaired) electrons. The van der Waals surface area contributed by atoms with Crippen LogP contribution in [-0.4, -0.2) is 22.6 Å². The molecule has 0 fully saturated rings. The molecule has 0 amide bonds. The molecule has 0 saturated heterocycles. The van der Waals surface area contributed by atoms with Crippen molar-refractivity contribution in [3.8, 4) is 11.5 Å². The maximum Gasteiger partial charge on any atom is 0.127 e. The summed E-state index contributed by atoms with van der Waals surface area (Å²) in [6, 6.07) is 18.9. The molecular formula is C26H28N2O2. The van der Waals surface area contributed by atoms with Crippen molar-refractivity contribution in [2.24, 2.45) is 9.98 Å². The van der Waals surface area contributed by atoms with Gasteiger partial charge in [0, 0.05) is 23.6 Å². The smallest absolute Gasteiger partial charge is 0.127 e. The number of benzene rings is 3.